The fourth-order valence-electron chi connectivity index (χ4n) is 3.07. The summed E-state index contributed by atoms with van der Waals surface area (Å²) in [5, 5.41) is 0. The lowest BCUT2D eigenvalue weighted by molar-refractivity contribution is 0.0229. The molecule has 0 N–H and O–H groups in total. The van der Waals surface area contributed by atoms with Gasteiger partial charge in [0.15, 0.2) is 0 Å². The molecule has 0 unspecified atom stereocenters. The second-order valence-corrected chi connectivity index (χ2v) is 6.19. The van der Waals surface area contributed by atoms with Gasteiger partial charge in [-0.2, -0.15) is 0 Å². The Morgan fingerprint density at radius 2 is 1.84 bits per heavy atom. The van der Waals surface area contributed by atoms with E-state index in [2.05, 4.69) is 29.1 Å². The summed E-state index contributed by atoms with van der Waals surface area (Å²) in [7, 11) is 0. The molecular formula is C16H15BrO2. The van der Waals surface area contributed by atoms with Gasteiger partial charge in [-0.15, -0.1) is 0 Å². The summed E-state index contributed by atoms with van der Waals surface area (Å²) in [6.45, 7) is 8.12. The van der Waals surface area contributed by atoms with E-state index in [1.165, 1.54) is 0 Å². The predicted molar refractivity (Wildman–Crippen MR) is 77.8 cm³/mol. The number of fused-ring (bicyclic) bond motifs is 2. The molecule has 2 bridgehead atoms. The highest BCUT2D eigenvalue weighted by molar-refractivity contribution is 9.10. The summed E-state index contributed by atoms with van der Waals surface area (Å²) in [5.41, 5.74) is 2.82. The topological polar surface area (TPSA) is 26.3 Å². The molecule has 2 fully saturated rings. The maximum Gasteiger partial charge on any atom is 0.338 e. The zero-order valence-electron chi connectivity index (χ0n) is 10.6. The third-order valence-corrected chi connectivity index (χ3v) is 4.72. The maximum atomic E-state index is 12.1. The van der Waals surface area contributed by atoms with Gasteiger partial charge in [0.1, 0.15) is 6.10 Å². The molecule has 1 aromatic carbocycles. The monoisotopic (exact) mass is 318 g/mol. The van der Waals surface area contributed by atoms with Gasteiger partial charge in [-0.1, -0.05) is 29.1 Å². The number of hydrogen-bond acceptors (Lipinski definition) is 2. The van der Waals surface area contributed by atoms with Crippen LogP contribution in [0.25, 0.3) is 0 Å². The van der Waals surface area contributed by atoms with Gasteiger partial charge in [-0.25, -0.2) is 4.79 Å². The van der Waals surface area contributed by atoms with Crippen LogP contribution in [0, 0.1) is 11.8 Å². The first-order valence-electron chi connectivity index (χ1n) is 6.41. The van der Waals surface area contributed by atoms with Crippen molar-refractivity contribution in [1.82, 2.24) is 0 Å². The average molecular weight is 319 g/mol. The van der Waals surface area contributed by atoms with E-state index < -0.39 is 0 Å². The maximum absolute atomic E-state index is 12.1. The molecule has 1 aromatic rings. The number of hydrogen-bond donors (Lipinski definition) is 0. The Hall–Kier alpha value is -1.35. The Morgan fingerprint density at radius 3 is 2.42 bits per heavy atom. The highest BCUT2D eigenvalue weighted by Gasteiger charge is 2.46. The molecule has 3 rings (SSSR count). The van der Waals surface area contributed by atoms with Gasteiger partial charge in [0.2, 0.25) is 0 Å². The van der Waals surface area contributed by atoms with Crippen LogP contribution >= 0.6 is 15.9 Å². The van der Waals surface area contributed by atoms with Crippen LogP contribution < -0.4 is 0 Å². The van der Waals surface area contributed by atoms with E-state index in [1.807, 2.05) is 12.1 Å². The number of rotatable bonds is 2. The molecule has 2 nitrogen and oxygen atoms in total. The Kier molecular flexibility index (Phi) is 3.09. The minimum Gasteiger partial charge on any atom is -0.458 e. The quantitative estimate of drug-likeness (QED) is 0.766. The first-order chi connectivity index (χ1) is 9.06. The highest BCUT2D eigenvalue weighted by atomic mass is 79.9. The largest absolute Gasteiger partial charge is 0.458 e. The van der Waals surface area contributed by atoms with Crippen molar-refractivity contribution in [2.45, 2.75) is 18.9 Å². The first kappa shape index (κ1) is 12.7. The van der Waals surface area contributed by atoms with E-state index in [1.54, 1.807) is 12.1 Å². The molecule has 0 aliphatic heterocycles. The Bertz CT molecular complexity index is 559. The Labute approximate surface area is 121 Å². The number of esters is 1. The molecule has 2 aliphatic carbocycles. The van der Waals surface area contributed by atoms with E-state index in [0.717, 1.165) is 28.5 Å². The Balaban J connectivity index is 1.70. The predicted octanol–water partition coefficient (Wildman–Crippen LogP) is 4.13. The molecule has 3 heteroatoms. The van der Waals surface area contributed by atoms with Crippen molar-refractivity contribution in [2.75, 3.05) is 0 Å². The fourth-order valence-corrected chi connectivity index (χ4v) is 3.34. The van der Waals surface area contributed by atoms with Crippen molar-refractivity contribution in [2.24, 2.45) is 11.8 Å². The van der Waals surface area contributed by atoms with Crippen LogP contribution in [-0.4, -0.2) is 12.1 Å². The Morgan fingerprint density at radius 1 is 1.16 bits per heavy atom. The van der Waals surface area contributed by atoms with Gasteiger partial charge in [-0.3, -0.25) is 0 Å². The van der Waals surface area contributed by atoms with Crippen LogP contribution in [0.4, 0.5) is 0 Å². The van der Waals surface area contributed by atoms with E-state index in [-0.39, 0.29) is 18.0 Å². The summed E-state index contributed by atoms with van der Waals surface area (Å²) >= 11 is 3.35. The zero-order chi connectivity index (χ0) is 13.6. The van der Waals surface area contributed by atoms with Gasteiger partial charge in [0.25, 0.3) is 0 Å². The van der Waals surface area contributed by atoms with Crippen LogP contribution in [0.3, 0.4) is 0 Å². The van der Waals surface area contributed by atoms with Crippen molar-refractivity contribution >= 4 is 21.9 Å². The summed E-state index contributed by atoms with van der Waals surface area (Å²) in [5.74, 6) is 0.487. The number of allylic oxidation sites excluding steroid dienone is 1. The molecule has 0 spiro atoms. The van der Waals surface area contributed by atoms with Crippen LogP contribution in [0.2, 0.25) is 0 Å². The first-order valence-corrected chi connectivity index (χ1v) is 7.20. The SMILES string of the molecule is C=C1C(=C)[C@@H]2C[C@H]1C[C@H]2OC(=O)c1ccc(Br)cc1. The molecule has 2 saturated carbocycles. The fraction of sp³-hybridized carbons (Fsp3) is 0.312. The van der Waals surface area contributed by atoms with Gasteiger partial charge in [0, 0.05) is 10.4 Å². The third-order valence-electron chi connectivity index (χ3n) is 4.20. The van der Waals surface area contributed by atoms with Crippen LogP contribution in [0.1, 0.15) is 23.2 Å². The molecule has 0 aromatic heterocycles. The summed E-state index contributed by atoms with van der Waals surface area (Å²) in [4.78, 5) is 12.1. The normalized spacial score (nSPS) is 28.8. The van der Waals surface area contributed by atoms with Gasteiger partial charge in [0.05, 0.1) is 5.56 Å². The molecule has 2 aliphatic rings. The molecule has 0 saturated heterocycles. The minimum atomic E-state index is -0.247. The molecular weight excluding hydrogens is 304 g/mol. The van der Waals surface area contributed by atoms with E-state index in [4.69, 9.17) is 4.74 Å². The lowest BCUT2D eigenvalue weighted by atomic mass is 9.90. The second kappa shape index (κ2) is 4.64. The van der Waals surface area contributed by atoms with Crippen LogP contribution in [-0.2, 0) is 4.74 Å². The molecule has 0 heterocycles. The summed E-state index contributed by atoms with van der Waals surface area (Å²) < 4.78 is 6.59. The molecule has 19 heavy (non-hydrogen) atoms. The summed E-state index contributed by atoms with van der Waals surface area (Å²) in [6, 6.07) is 7.23. The van der Waals surface area contributed by atoms with Gasteiger partial charge < -0.3 is 4.74 Å². The smallest absolute Gasteiger partial charge is 0.338 e. The number of carbonyl (C=O) groups is 1. The number of carbonyl (C=O) groups excluding carboxylic acids is 1. The van der Waals surface area contributed by atoms with Gasteiger partial charge in [-0.05, 0) is 54.2 Å². The van der Waals surface area contributed by atoms with Crippen molar-refractivity contribution in [3.63, 3.8) is 0 Å². The molecule has 0 amide bonds. The van der Waals surface area contributed by atoms with E-state index in [9.17, 15) is 4.79 Å². The van der Waals surface area contributed by atoms with Crippen molar-refractivity contribution in [3.8, 4) is 0 Å². The summed E-state index contributed by atoms with van der Waals surface area (Å²) in [6.07, 6.45) is 1.90. The standard InChI is InChI=1S/C16H15BrO2/c1-9-10(2)14-7-12(9)8-15(14)19-16(18)11-3-5-13(17)6-4-11/h3-6,12,14-15H,1-2,7-8H2/t12-,14-,15+/m0/s1. The highest BCUT2D eigenvalue weighted by Crippen LogP contribution is 2.51. The second-order valence-electron chi connectivity index (χ2n) is 5.28. The van der Waals surface area contributed by atoms with Crippen LogP contribution in [0.15, 0.2) is 53.0 Å². The lowest BCUT2D eigenvalue weighted by Crippen LogP contribution is -2.25. The lowest BCUT2D eigenvalue weighted by Gasteiger charge is -2.25. The average Bonchev–Trinajstić information content (AvgIpc) is 2.91. The van der Waals surface area contributed by atoms with E-state index in [0.29, 0.717) is 11.5 Å². The van der Waals surface area contributed by atoms with Crippen molar-refractivity contribution < 1.29 is 9.53 Å². The minimum absolute atomic E-state index is 0.0286. The number of ether oxygens (including phenoxy) is 1. The number of benzene rings is 1. The molecule has 3 atom stereocenters. The number of halogens is 1. The van der Waals surface area contributed by atoms with Crippen LogP contribution in [0.5, 0.6) is 0 Å². The zero-order valence-corrected chi connectivity index (χ0v) is 12.2. The van der Waals surface area contributed by atoms with Gasteiger partial charge >= 0.3 is 5.97 Å². The van der Waals surface area contributed by atoms with E-state index >= 15 is 0 Å². The van der Waals surface area contributed by atoms with Crippen molar-refractivity contribution in [1.29, 1.82) is 0 Å². The molecule has 0 radical (unpaired) electrons. The molecule has 98 valence electrons. The third kappa shape index (κ3) is 2.16. The van der Waals surface area contributed by atoms with Crippen molar-refractivity contribution in [3.05, 3.63) is 58.6 Å².